The third kappa shape index (κ3) is 5.41. The normalized spacial score (nSPS) is 23.0. The van der Waals surface area contributed by atoms with Crippen molar-refractivity contribution in [1.29, 1.82) is 0 Å². The molecule has 3 amide bonds. The Morgan fingerprint density at radius 1 is 0.765 bits per heavy atom. The quantitative estimate of drug-likeness (QED) is 0.557. The number of hydrogen-bond donors (Lipinski definition) is 3. The number of carbonyl (C=O) groups is 4. The molecule has 0 radical (unpaired) electrons. The first kappa shape index (κ1) is 23.4. The number of rotatable bonds is 6. The standard InChI is InChI=1S/C24H25N3O7/c1-13(28)15-3-7-17(8-4-15)25-23(30)27-19-11-32-22-20(12-33-21(19)22)34-24(31)26-18-9-5-16(6-10-18)14(2)29/h3-10,19-22H,11-12H2,1-2H3,(H,26,31)(H2,25,27,30)/t19-,20-,21-,22+/m1/s1. The van der Waals surface area contributed by atoms with Gasteiger partial charge in [0.25, 0.3) is 0 Å². The van der Waals surface area contributed by atoms with Crippen LogP contribution in [0.2, 0.25) is 0 Å². The molecule has 0 aliphatic carbocycles. The number of urea groups is 1. The van der Waals surface area contributed by atoms with Gasteiger partial charge < -0.3 is 24.8 Å². The summed E-state index contributed by atoms with van der Waals surface area (Å²) in [6, 6.07) is 12.2. The second kappa shape index (κ2) is 10.0. The zero-order valence-corrected chi connectivity index (χ0v) is 18.7. The molecule has 2 fully saturated rings. The molecule has 2 aliphatic heterocycles. The molecule has 3 N–H and O–H groups in total. The van der Waals surface area contributed by atoms with Crippen molar-refractivity contribution in [2.45, 2.75) is 38.2 Å². The lowest BCUT2D eigenvalue weighted by Crippen LogP contribution is -2.46. The van der Waals surface area contributed by atoms with Crippen LogP contribution < -0.4 is 16.0 Å². The maximum Gasteiger partial charge on any atom is 0.412 e. The van der Waals surface area contributed by atoms with Crippen molar-refractivity contribution in [3.8, 4) is 0 Å². The molecule has 2 heterocycles. The predicted molar refractivity (Wildman–Crippen MR) is 122 cm³/mol. The first-order chi connectivity index (χ1) is 16.3. The number of benzene rings is 2. The number of anilines is 2. The van der Waals surface area contributed by atoms with Gasteiger partial charge in [0.2, 0.25) is 0 Å². The van der Waals surface area contributed by atoms with E-state index >= 15 is 0 Å². The first-order valence-corrected chi connectivity index (χ1v) is 10.8. The Balaban J connectivity index is 1.26. The summed E-state index contributed by atoms with van der Waals surface area (Å²) < 4.78 is 16.9. The second-order valence-corrected chi connectivity index (χ2v) is 8.14. The predicted octanol–water partition coefficient (Wildman–Crippen LogP) is 3.00. The van der Waals surface area contributed by atoms with Gasteiger partial charge in [0.15, 0.2) is 17.7 Å². The molecular weight excluding hydrogens is 442 g/mol. The minimum atomic E-state index is -0.670. The molecule has 0 saturated carbocycles. The Morgan fingerprint density at radius 3 is 1.85 bits per heavy atom. The minimum absolute atomic E-state index is 0.0557. The molecule has 34 heavy (non-hydrogen) atoms. The molecule has 0 unspecified atom stereocenters. The monoisotopic (exact) mass is 467 g/mol. The Kier molecular flexibility index (Phi) is 6.90. The van der Waals surface area contributed by atoms with Gasteiger partial charge in [-0.05, 0) is 62.4 Å². The molecular formula is C24H25N3O7. The van der Waals surface area contributed by atoms with Gasteiger partial charge in [-0.3, -0.25) is 14.9 Å². The van der Waals surface area contributed by atoms with Crippen LogP contribution in [0.3, 0.4) is 0 Å². The average molecular weight is 467 g/mol. The Labute approximate surface area is 195 Å². The van der Waals surface area contributed by atoms with Crippen molar-refractivity contribution in [3.05, 3.63) is 59.7 Å². The number of ether oxygens (including phenoxy) is 3. The van der Waals surface area contributed by atoms with Crippen LogP contribution >= 0.6 is 0 Å². The van der Waals surface area contributed by atoms with Gasteiger partial charge >= 0.3 is 12.1 Å². The topological polar surface area (TPSA) is 132 Å². The zero-order valence-electron chi connectivity index (χ0n) is 18.7. The van der Waals surface area contributed by atoms with Gasteiger partial charge in [-0.15, -0.1) is 0 Å². The lowest BCUT2D eigenvalue weighted by atomic mass is 10.1. The van der Waals surface area contributed by atoms with Crippen LogP contribution in [0.1, 0.15) is 34.6 Å². The minimum Gasteiger partial charge on any atom is -0.441 e. The van der Waals surface area contributed by atoms with Crippen LogP contribution in [-0.2, 0) is 14.2 Å². The summed E-state index contributed by atoms with van der Waals surface area (Å²) in [4.78, 5) is 47.4. The maximum atomic E-state index is 12.4. The fraction of sp³-hybridized carbons (Fsp3) is 0.333. The highest BCUT2D eigenvalue weighted by Crippen LogP contribution is 2.29. The smallest absolute Gasteiger partial charge is 0.412 e. The molecule has 10 heteroatoms. The SMILES string of the molecule is CC(=O)c1ccc(NC(=O)N[C@@H]2CO[C@@H]3[C@@H]2OC[C@H]3OC(=O)Nc2ccc(C(C)=O)cc2)cc1. The number of hydrogen-bond acceptors (Lipinski definition) is 7. The number of Topliss-reactive ketones (excluding diaryl/α,β-unsaturated/α-hetero) is 2. The van der Waals surface area contributed by atoms with Gasteiger partial charge in [0.05, 0.1) is 19.3 Å². The Morgan fingerprint density at radius 2 is 1.29 bits per heavy atom. The number of amides is 3. The summed E-state index contributed by atoms with van der Waals surface area (Å²) in [5.74, 6) is -0.121. The van der Waals surface area contributed by atoms with E-state index in [0.29, 0.717) is 22.5 Å². The molecule has 2 aliphatic rings. The fourth-order valence-corrected chi connectivity index (χ4v) is 3.89. The summed E-state index contributed by atoms with van der Waals surface area (Å²) in [6.45, 7) is 3.28. The highest BCUT2D eigenvalue weighted by molar-refractivity contribution is 5.96. The van der Waals surface area contributed by atoms with E-state index in [0.717, 1.165) is 0 Å². The van der Waals surface area contributed by atoms with Gasteiger partial charge in [-0.25, -0.2) is 9.59 Å². The van der Waals surface area contributed by atoms with Crippen LogP contribution in [0.25, 0.3) is 0 Å². The maximum absolute atomic E-state index is 12.4. The lowest BCUT2D eigenvalue weighted by Gasteiger charge is -2.18. The summed E-state index contributed by atoms with van der Waals surface area (Å²) in [7, 11) is 0. The molecule has 0 bridgehead atoms. The lowest BCUT2D eigenvalue weighted by molar-refractivity contribution is 0.00873. The molecule has 4 atom stereocenters. The summed E-state index contributed by atoms with van der Waals surface area (Å²) in [6.07, 6.45) is -2.27. The van der Waals surface area contributed by atoms with E-state index in [-0.39, 0.29) is 24.8 Å². The van der Waals surface area contributed by atoms with E-state index in [9.17, 15) is 19.2 Å². The third-order valence-corrected chi connectivity index (χ3v) is 5.67. The van der Waals surface area contributed by atoms with Gasteiger partial charge in [-0.2, -0.15) is 0 Å². The average Bonchev–Trinajstić information content (AvgIpc) is 3.38. The largest absolute Gasteiger partial charge is 0.441 e. The fourth-order valence-electron chi connectivity index (χ4n) is 3.89. The Hall–Kier alpha value is -3.76. The van der Waals surface area contributed by atoms with Crippen molar-refractivity contribution in [3.63, 3.8) is 0 Å². The molecule has 10 nitrogen and oxygen atoms in total. The van der Waals surface area contributed by atoms with Crippen molar-refractivity contribution in [2.24, 2.45) is 0 Å². The zero-order chi connectivity index (χ0) is 24.2. The van der Waals surface area contributed by atoms with Crippen LogP contribution in [0.15, 0.2) is 48.5 Å². The van der Waals surface area contributed by atoms with Crippen molar-refractivity contribution >= 4 is 35.1 Å². The van der Waals surface area contributed by atoms with Gasteiger partial charge in [-0.1, -0.05) is 0 Å². The highest BCUT2D eigenvalue weighted by Gasteiger charge is 2.50. The number of carbonyl (C=O) groups excluding carboxylic acids is 4. The van der Waals surface area contributed by atoms with E-state index in [1.54, 1.807) is 48.5 Å². The van der Waals surface area contributed by atoms with Crippen LogP contribution in [0.5, 0.6) is 0 Å². The first-order valence-electron chi connectivity index (χ1n) is 10.8. The molecule has 4 rings (SSSR count). The van der Waals surface area contributed by atoms with E-state index in [4.69, 9.17) is 14.2 Å². The molecule has 0 aromatic heterocycles. The molecule has 2 aromatic carbocycles. The van der Waals surface area contributed by atoms with E-state index in [1.165, 1.54) is 13.8 Å². The molecule has 2 saturated heterocycles. The van der Waals surface area contributed by atoms with E-state index in [1.807, 2.05) is 0 Å². The van der Waals surface area contributed by atoms with Crippen LogP contribution in [0, 0.1) is 0 Å². The number of fused-ring (bicyclic) bond motifs is 1. The summed E-state index contributed by atoms with van der Waals surface area (Å²) in [5.41, 5.74) is 2.13. The van der Waals surface area contributed by atoms with Crippen LogP contribution in [0.4, 0.5) is 21.0 Å². The van der Waals surface area contributed by atoms with E-state index in [2.05, 4.69) is 16.0 Å². The second-order valence-electron chi connectivity index (χ2n) is 8.14. The van der Waals surface area contributed by atoms with E-state index < -0.39 is 36.5 Å². The summed E-state index contributed by atoms with van der Waals surface area (Å²) in [5, 5.41) is 8.13. The Bertz CT molecular complexity index is 997. The van der Waals surface area contributed by atoms with Crippen molar-refractivity contribution < 1.29 is 33.4 Å². The molecule has 0 spiro atoms. The van der Waals surface area contributed by atoms with Gasteiger partial charge in [0, 0.05) is 22.5 Å². The molecule has 178 valence electrons. The van der Waals surface area contributed by atoms with Crippen LogP contribution in [-0.4, -0.2) is 61.3 Å². The number of ketones is 2. The number of nitrogens with one attached hydrogen (secondary N) is 3. The van der Waals surface area contributed by atoms with Crippen molar-refractivity contribution in [1.82, 2.24) is 5.32 Å². The van der Waals surface area contributed by atoms with Gasteiger partial charge in [0.1, 0.15) is 12.2 Å². The third-order valence-electron chi connectivity index (χ3n) is 5.67. The highest BCUT2D eigenvalue weighted by atomic mass is 16.6. The van der Waals surface area contributed by atoms with Crippen molar-refractivity contribution in [2.75, 3.05) is 23.8 Å². The summed E-state index contributed by atoms with van der Waals surface area (Å²) >= 11 is 0. The molecule has 2 aromatic rings.